The average Bonchev–Trinajstić information content (AvgIpc) is 2.47. The van der Waals surface area contributed by atoms with Crippen LogP contribution in [0.3, 0.4) is 0 Å². The summed E-state index contributed by atoms with van der Waals surface area (Å²) in [6.07, 6.45) is 5.29. The summed E-state index contributed by atoms with van der Waals surface area (Å²) < 4.78 is 0. The van der Waals surface area contributed by atoms with E-state index in [4.69, 9.17) is 5.73 Å². The van der Waals surface area contributed by atoms with E-state index in [9.17, 15) is 0 Å². The van der Waals surface area contributed by atoms with E-state index in [1.165, 1.54) is 50.3 Å². The van der Waals surface area contributed by atoms with Crippen molar-refractivity contribution in [3.8, 4) is 0 Å². The zero-order chi connectivity index (χ0) is 9.80. The second-order valence-electron chi connectivity index (χ2n) is 4.20. The largest absolute Gasteiger partial charge is 0.326 e. The highest BCUT2D eigenvalue weighted by molar-refractivity contribution is 8.76. The van der Waals surface area contributed by atoms with Crippen molar-refractivity contribution >= 4 is 21.6 Å². The van der Waals surface area contributed by atoms with Crippen molar-refractivity contribution in [2.75, 3.05) is 24.6 Å². The average molecular weight is 232 g/mol. The van der Waals surface area contributed by atoms with Gasteiger partial charge in [-0.25, -0.2) is 0 Å². The van der Waals surface area contributed by atoms with E-state index in [2.05, 4.69) is 4.90 Å². The maximum Gasteiger partial charge on any atom is 0.0247 e. The molecular weight excluding hydrogens is 212 g/mol. The molecule has 2 unspecified atom stereocenters. The van der Waals surface area contributed by atoms with Crippen LogP contribution in [0.2, 0.25) is 0 Å². The van der Waals surface area contributed by atoms with Gasteiger partial charge in [-0.1, -0.05) is 34.4 Å². The van der Waals surface area contributed by atoms with Gasteiger partial charge < -0.3 is 5.73 Å². The Hall–Kier alpha value is 0.620. The van der Waals surface area contributed by atoms with Crippen LogP contribution in [0, 0.1) is 0 Å². The van der Waals surface area contributed by atoms with E-state index in [1.807, 2.05) is 21.6 Å². The maximum atomic E-state index is 6.21. The highest BCUT2D eigenvalue weighted by Crippen LogP contribution is 2.28. The molecule has 2 aliphatic rings. The first-order valence-electron chi connectivity index (χ1n) is 5.62. The molecule has 82 valence electrons. The molecule has 0 aromatic heterocycles. The van der Waals surface area contributed by atoms with Crippen molar-refractivity contribution in [3.63, 3.8) is 0 Å². The molecule has 0 aromatic carbocycles. The third-order valence-electron chi connectivity index (χ3n) is 3.26. The second-order valence-corrected chi connectivity index (χ2v) is 6.90. The summed E-state index contributed by atoms with van der Waals surface area (Å²) >= 11 is 0. The van der Waals surface area contributed by atoms with Gasteiger partial charge in [-0.2, -0.15) is 0 Å². The number of rotatable bonds is 1. The monoisotopic (exact) mass is 232 g/mol. The Bertz CT molecular complexity index is 170. The van der Waals surface area contributed by atoms with Gasteiger partial charge in [0.15, 0.2) is 0 Å². The predicted molar refractivity (Wildman–Crippen MR) is 66.7 cm³/mol. The Balaban J connectivity index is 1.90. The number of nitrogens with two attached hydrogens (primary N) is 1. The molecule has 0 bridgehead atoms. The van der Waals surface area contributed by atoms with E-state index in [0.29, 0.717) is 12.1 Å². The van der Waals surface area contributed by atoms with Crippen molar-refractivity contribution < 1.29 is 0 Å². The van der Waals surface area contributed by atoms with Gasteiger partial charge in [0.1, 0.15) is 0 Å². The zero-order valence-electron chi connectivity index (χ0n) is 8.65. The Morgan fingerprint density at radius 3 is 2.29 bits per heavy atom. The van der Waals surface area contributed by atoms with Crippen LogP contribution in [0.15, 0.2) is 0 Å². The van der Waals surface area contributed by atoms with E-state index in [-0.39, 0.29) is 0 Å². The molecule has 2 atom stereocenters. The molecule has 0 aromatic rings. The quantitative estimate of drug-likeness (QED) is 0.700. The fourth-order valence-corrected chi connectivity index (χ4v) is 4.47. The molecule has 0 radical (unpaired) electrons. The van der Waals surface area contributed by atoms with E-state index >= 15 is 0 Å². The van der Waals surface area contributed by atoms with Crippen LogP contribution in [0.25, 0.3) is 0 Å². The lowest BCUT2D eigenvalue weighted by atomic mass is 9.90. The van der Waals surface area contributed by atoms with E-state index in [1.54, 1.807) is 0 Å². The Morgan fingerprint density at radius 2 is 1.64 bits per heavy atom. The van der Waals surface area contributed by atoms with Gasteiger partial charge in [-0.05, 0) is 12.8 Å². The number of nitrogens with zero attached hydrogens (tertiary/aromatic N) is 1. The normalized spacial score (nSPS) is 36.6. The number of hydrogen-bond acceptors (Lipinski definition) is 4. The highest BCUT2D eigenvalue weighted by Gasteiger charge is 2.27. The molecule has 2 fully saturated rings. The van der Waals surface area contributed by atoms with Crippen LogP contribution in [-0.2, 0) is 0 Å². The van der Waals surface area contributed by atoms with Crippen molar-refractivity contribution in [1.29, 1.82) is 0 Å². The highest BCUT2D eigenvalue weighted by atomic mass is 33.1. The summed E-state index contributed by atoms with van der Waals surface area (Å²) in [5.74, 6) is 2.54. The minimum Gasteiger partial charge on any atom is -0.326 e. The standard InChI is InChI=1S/C10H20N2S2/c11-9-3-1-2-4-10(9)12-5-7-13-14-8-6-12/h9-10H,1-8,11H2. The van der Waals surface area contributed by atoms with E-state index in [0.717, 1.165) is 0 Å². The fourth-order valence-electron chi connectivity index (χ4n) is 2.46. The van der Waals surface area contributed by atoms with Gasteiger partial charge in [0.25, 0.3) is 0 Å². The van der Waals surface area contributed by atoms with Gasteiger partial charge in [0.2, 0.25) is 0 Å². The molecule has 1 heterocycles. The molecular formula is C10H20N2S2. The Kier molecular flexibility index (Phi) is 4.47. The SMILES string of the molecule is NC1CCCCC1N1CCSSCC1. The molecule has 14 heavy (non-hydrogen) atoms. The smallest absolute Gasteiger partial charge is 0.0247 e. The van der Waals surface area contributed by atoms with Crippen LogP contribution in [-0.4, -0.2) is 41.6 Å². The molecule has 0 amide bonds. The molecule has 1 saturated heterocycles. The van der Waals surface area contributed by atoms with Crippen molar-refractivity contribution in [3.05, 3.63) is 0 Å². The minimum atomic E-state index is 0.442. The third-order valence-corrected chi connectivity index (χ3v) is 5.62. The maximum absolute atomic E-state index is 6.21. The van der Waals surface area contributed by atoms with Crippen LogP contribution in [0.5, 0.6) is 0 Å². The van der Waals surface area contributed by atoms with Gasteiger partial charge in [0.05, 0.1) is 0 Å². The summed E-state index contributed by atoms with van der Waals surface area (Å²) in [7, 11) is 4.04. The molecule has 1 aliphatic heterocycles. The summed E-state index contributed by atoms with van der Waals surface area (Å²) in [6, 6.07) is 1.12. The predicted octanol–water partition coefficient (Wildman–Crippen LogP) is 1.95. The fraction of sp³-hybridized carbons (Fsp3) is 1.00. The van der Waals surface area contributed by atoms with Crippen molar-refractivity contribution in [2.24, 2.45) is 5.73 Å². The Morgan fingerprint density at radius 1 is 1.00 bits per heavy atom. The Labute approximate surface area is 94.8 Å². The second kappa shape index (κ2) is 5.64. The summed E-state index contributed by atoms with van der Waals surface area (Å²) in [6.45, 7) is 2.49. The van der Waals surface area contributed by atoms with Gasteiger partial charge in [-0.15, -0.1) is 0 Å². The van der Waals surface area contributed by atoms with Gasteiger partial charge >= 0.3 is 0 Å². The summed E-state index contributed by atoms with van der Waals surface area (Å²) in [4.78, 5) is 2.64. The summed E-state index contributed by atoms with van der Waals surface area (Å²) in [5, 5.41) is 0. The molecule has 1 saturated carbocycles. The lowest BCUT2D eigenvalue weighted by Crippen LogP contribution is -2.50. The van der Waals surface area contributed by atoms with Crippen LogP contribution in [0.1, 0.15) is 25.7 Å². The van der Waals surface area contributed by atoms with Gasteiger partial charge in [0, 0.05) is 36.7 Å². The zero-order valence-corrected chi connectivity index (χ0v) is 10.3. The van der Waals surface area contributed by atoms with Crippen LogP contribution in [0.4, 0.5) is 0 Å². The molecule has 0 spiro atoms. The first-order valence-corrected chi connectivity index (χ1v) is 8.11. The summed E-state index contributed by atoms with van der Waals surface area (Å²) in [5.41, 5.74) is 6.21. The first kappa shape index (κ1) is 11.1. The van der Waals surface area contributed by atoms with Gasteiger partial charge in [-0.3, -0.25) is 4.90 Å². The van der Waals surface area contributed by atoms with Crippen LogP contribution < -0.4 is 5.73 Å². The molecule has 2 rings (SSSR count). The topological polar surface area (TPSA) is 29.3 Å². The molecule has 2 N–H and O–H groups in total. The molecule has 1 aliphatic carbocycles. The molecule has 2 nitrogen and oxygen atoms in total. The van der Waals surface area contributed by atoms with E-state index < -0.39 is 0 Å². The molecule has 4 heteroatoms. The first-order chi connectivity index (χ1) is 6.88. The van der Waals surface area contributed by atoms with Crippen molar-refractivity contribution in [1.82, 2.24) is 4.90 Å². The minimum absolute atomic E-state index is 0.442. The lowest BCUT2D eigenvalue weighted by molar-refractivity contribution is 0.154. The van der Waals surface area contributed by atoms with Crippen molar-refractivity contribution in [2.45, 2.75) is 37.8 Å². The number of hydrogen-bond donors (Lipinski definition) is 1. The third kappa shape index (κ3) is 2.81. The van der Waals surface area contributed by atoms with Crippen LogP contribution >= 0.6 is 21.6 Å². The lowest BCUT2D eigenvalue weighted by Gasteiger charge is -2.37.